The normalized spacial score (nSPS) is 18.3. The van der Waals surface area contributed by atoms with Crippen molar-refractivity contribution in [1.82, 2.24) is 4.90 Å². The molecule has 2 N–H and O–H groups in total. The molecule has 21 heavy (non-hydrogen) atoms. The second kappa shape index (κ2) is 6.37. The molecule has 1 aromatic heterocycles. The number of rotatable bonds is 5. The first-order valence-electron chi connectivity index (χ1n) is 5.65. The molecule has 1 fully saturated rings. The highest BCUT2D eigenvalue weighted by atomic mass is 32.2. The molecular weight excluding hydrogens is 334 g/mol. The van der Waals surface area contributed by atoms with E-state index in [4.69, 9.17) is 22.4 Å². The van der Waals surface area contributed by atoms with Crippen molar-refractivity contribution in [3.8, 4) is 0 Å². The molecule has 110 valence electrons. The van der Waals surface area contributed by atoms with E-state index < -0.39 is 30.3 Å². The van der Waals surface area contributed by atoms with Crippen LogP contribution in [0.15, 0.2) is 22.4 Å². The van der Waals surface area contributed by atoms with Crippen LogP contribution in [-0.2, 0) is 14.4 Å². The molecule has 0 saturated carbocycles. The molecule has 9 heteroatoms. The van der Waals surface area contributed by atoms with Gasteiger partial charge in [-0.3, -0.25) is 14.5 Å². The molecule has 0 bridgehead atoms. The maximum absolute atomic E-state index is 12.3. The van der Waals surface area contributed by atoms with Gasteiger partial charge in [-0.25, -0.2) is 4.79 Å². The first kappa shape index (κ1) is 15.7. The lowest BCUT2D eigenvalue weighted by molar-refractivity contribution is -0.150. The maximum Gasteiger partial charge on any atom is 0.327 e. The van der Waals surface area contributed by atoms with E-state index in [0.29, 0.717) is 4.91 Å². The number of thiocarbonyl (C=S) groups is 1. The standard InChI is InChI=1S/C12H9NO5S3/c14-9(15)5-7(11(17)18)13-10(16)8(21-12(13)19)4-6-2-1-3-20-6/h1-4,7H,5H2,(H,14,15)(H,17,18)/b8-4+/t7-/m0/s1. The molecule has 1 amide bonds. The van der Waals surface area contributed by atoms with Crippen LogP contribution in [0.1, 0.15) is 11.3 Å². The summed E-state index contributed by atoms with van der Waals surface area (Å²) in [6.45, 7) is 0. The van der Waals surface area contributed by atoms with Crippen molar-refractivity contribution in [2.24, 2.45) is 0 Å². The maximum atomic E-state index is 12.3. The van der Waals surface area contributed by atoms with Gasteiger partial charge in [-0.1, -0.05) is 30.0 Å². The lowest BCUT2D eigenvalue weighted by atomic mass is 10.2. The molecular formula is C12H9NO5S3. The Bertz CT molecular complexity index is 637. The molecule has 2 heterocycles. The van der Waals surface area contributed by atoms with Gasteiger partial charge in [-0.15, -0.1) is 11.3 Å². The summed E-state index contributed by atoms with van der Waals surface area (Å²) in [6, 6.07) is 2.13. The first-order valence-corrected chi connectivity index (χ1v) is 7.75. The Morgan fingerprint density at radius 1 is 1.43 bits per heavy atom. The van der Waals surface area contributed by atoms with Crippen LogP contribution in [0.5, 0.6) is 0 Å². The predicted molar refractivity (Wildman–Crippen MR) is 83.0 cm³/mol. The van der Waals surface area contributed by atoms with Crippen LogP contribution in [-0.4, -0.2) is 43.3 Å². The Kier molecular flexibility index (Phi) is 4.76. The highest BCUT2D eigenvalue weighted by Crippen LogP contribution is 2.35. The monoisotopic (exact) mass is 343 g/mol. The smallest absolute Gasteiger partial charge is 0.327 e. The second-order valence-electron chi connectivity index (χ2n) is 4.02. The number of carbonyl (C=O) groups is 3. The third-order valence-corrected chi connectivity index (χ3v) is 4.75. The molecule has 0 unspecified atom stereocenters. The van der Waals surface area contributed by atoms with E-state index in [9.17, 15) is 14.4 Å². The molecule has 0 radical (unpaired) electrons. The van der Waals surface area contributed by atoms with Gasteiger partial charge in [0.25, 0.3) is 5.91 Å². The van der Waals surface area contributed by atoms with Crippen molar-refractivity contribution in [3.63, 3.8) is 0 Å². The van der Waals surface area contributed by atoms with E-state index in [2.05, 4.69) is 0 Å². The summed E-state index contributed by atoms with van der Waals surface area (Å²) in [7, 11) is 0. The van der Waals surface area contributed by atoms with Gasteiger partial charge in [-0.2, -0.15) is 0 Å². The number of amides is 1. The first-order chi connectivity index (χ1) is 9.90. The average Bonchev–Trinajstić information content (AvgIpc) is 2.97. The average molecular weight is 343 g/mol. The van der Waals surface area contributed by atoms with E-state index in [-0.39, 0.29) is 4.32 Å². The quantitative estimate of drug-likeness (QED) is 0.622. The summed E-state index contributed by atoms with van der Waals surface area (Å²) < 4.78 is 0.0523. The molecule has 0 aliphatic carbocycles. The molecule has 1 aliphatic heterocycles. The van der Waals surface area contributed by atoms with Gasteiger partial charge in [0.2, 0.25) is 0 Å². The van der Waals surface area contributed by atoms with Gasteiger partial charge in [-0.05, 0) is 17.5 Å². The zero-order chi connectivity index (χ0) is 15.6. The van der Waals surface area contributed by atoms with Gasteiger partial charge in [0.05, 0.1) is 11.3 Å². The van der Waals surface area contributed by atoms with Crippen molar-refractivity contribution in [2.75, 3.05) is 0 Å². The zero-order valence-corrected chi connectivity index (χ0v) is 12.8. The molecule has 1 atom stereocenters. The summed E-state index contributed by atoms with van der Waals surface area (Å²) >= 11 is 7.41. The minimum atomic E-state index is -1.50. The van der Waals surface area contributed by atoms with E-state index in [1.165, 1.54) is 11.3 Å². The molecule has 6 nitrogen and oxygen atoms in total. The van der Waals surface area contributed by atoms with E-state index in [1.54, 1.807) is 6.08 Å². The fourth-order valence-electron chi connectivity index (χ4n) is 1.71. The van der Waals surface area contributed by atoms with Crippen LogP contribution in [0.3, 0.4) is 0 Å². The number of carbonyl (C=O) groups excluding carboxylic acids is 1. The number of nitrogens with zero attached hydrogens (tertiary/aromatic N) is 1. The van der Waals surface area contributed by atoms with Crippen LogP contribution < -0.4 is 0 Å². The second-order valence-corrected chi connectivity index (χ2v) is 6.67. The van der Waals surface area contributed by atoms with Crippen LogP contribution in [0.25, 0.3) is 6.08 Å². The predicted octanol–water partition coefficient (Wildman–Crippen LogP) is 1.88. The lowest BCUT2D eigenvalue weighted by Gasteiger charge is -2.21. The number of hydrogen-bond acceptors (Lipinski definition) is 6. The fraction of sp³-hybridized carbons (Fsp3) is 0.167. The zero-order valence-electron chi connectivity index (χ0n) is 10.4. The van der Waals surface area contributed by atoms with Crippen molar-refractivity contribution < 1.29 is 24.6 Å². The largest absolute Gasteiger partial charge is 0.481 e. The number of hydrogen-bond donors (Lipinski definition) is 2. The van der Waals surface area contributed by atoms with Crippen LogP contribution in [0.4, 0.5) is 0 Å². The number of thiophene rings is 1. The SMILES string of the molecule is O=C(O)C[C@@H](C(=O)O)N1C(=O)/C(=C\c2cccs2)SC1=S. The summed E-state index contributed by atoms with van der Waals surface area (Å²) in [4.78, 5) is 36.2. The lowest BCUT2D eigenvalue weighted by Crippen LogP contribution is -2.45. The highest BCUT2D eigenvalue weighted by Gasteiger charge is 2.41. The van der Waals surface area contributed by atoms with E-state index in [1.807, 2.05) is 17.5 Å². The minimum Gasteiger partial charge on any atom is -0.481 e. The Labute approximate surface area is 133 Å². The molecule has 1 aromatic rings. The summed E-state index contributed by atoms with van der Waals surface area (Å²) in [5.74, 6) is -3.28. The summed E-state index contributed by atoms with van der Waals surface area (Å²) in [5, 5.41) is 19.7. The number of thioether (sulfide) groups is 1. The number of carboxylic acid groups (broad SMARTS) is 2. The Morgan fingerprint density at radius 3 is 2.67 bits per heavy atom. The molecule has 0 spiro atoms. The molecule has 1 saturated heterocycles. The molecule has 2 rings (SSSR count). The molecule has 0 aromatic carbocycles. The van der Waals surface area contributed by atoms with Gasteiger partial charge < -0.3 is 10.2 Å². The van der Waals surface area contributed by atoms with Crippen molar-refractivity contribution in [2.45, 2.75) is 12.5 Å². The van der Waals surface area contributed by atoms with Gasteiger partial charge >= 0.3 is 11.9 Å². The van der Waals surface area contributed by atoms with Gasteiger partial charge in [0, 0.05) is 4.88 Å². The number of aliphatic carboxylic acids is 2. The van der Waals surface area contributed by atoms with Crippen LogP contribution >= 0.6 is 35.3 Å². The van der Waals surface area contributed by atoms with Crippen LogP contribution in [0, 0.1) is 0 Å². The molecule has 1 aliphatic rings. The van der Waals surface area contributed by atoms with Crippen molar-refractivity contribution >= 4 is 63.6 Å². The van der Waals surface area contributed by atoms with Crippen molar-refractivity contribution in [3.05, 3.63) is 27.3 Å². The van der Waals surface area contributed by atoms with Crippen molar-refractivity contribution in [1.29, 1.82) is 0 Å². The Morgan fingerprint density at radius 2 is 2.14 bits per heavy atom. The number of carboxylic acids is 2. The van der Waals surface area contributed by atoms with Gasteiger partial charge in [0.15, 0.2) is 0 Å². The Hall–Kier alpha value is -1.71. The fourth-order valence-corrected chi connectivity index (χ4v) is 3.79. The third kappa shape index (κ3) is 3.49. The summed E-state index contributed by atoms with van der Waals surface area (Å²) in [6.07, 6.45) is 0.914. The highest BCUT2D eigenvalue weighted by molar-refractivity contribution is 8.26. The van der Waals surface area contributed by atoms with E-state index in [0.717, 1.165) is 21.5 Å². The minimum absolute atomic E-state index is 0.0523. The van der Waals surface area contributed by atoms with Gasteiger partial charge in [0.1, 0.15) is 10.4 Å². The third-order valence-electron chi connectivity index (χ3n) is 2.60. The topological polar surface area (TPSA) is 94.9 Å². The van der Waals surface area contributed by atoms with E-state index >= 15 is 0 Å². The van der Waals surface area contributed by atoms with Crippen LogP contribution in [0.2, 0.25) is 0 Å². The Balaban J connectivity index is 2.29. The summed E-state index contributed by atoms with van der Waals surface area (Å²) in [5.41, 5.74) is 0.